The van der Waals surface area contributed by atoms with Crippen molar-refractivity contribution in [1.82, 2.24) is 0 Å². The predicted molar refractivity (Wildman–Crippen MR) is 75.5 cm³/mol. The summed E-state index contributed by atoms with van der Waals surface area (Å²) in [5, 5.41) is -0.0409. The van der Waals surface area contributed by atoms with Gasteiger partial charge in [-0.25, -0.2) is 8.78 Å². The molecule has 18 heavy (non-hydrogen) atoms. The molecule has 0 saturated heterocycles. The van der Waals surface area contributed by atoms with E-state index in [0.717, 1.165) is 0 Å². The maximum absolute atomic E-state index is 13.5. The van der Waals surface area contributed by atoms with Gasteiger partial charge in [0.1, 0.15) is 13.6 Å². The van der Waals surface area contributed by atoms with Crippen molar-refractivity contribution in [2.24, 2.45) is 5.41 Å². The number of carbonyl (C=O) groups is 1. The van der Waals surface area contributed by atoms with Gasteiger partial charge in [0.2, 0.25) is 0 Å². The Morgan fingerprint density at radius 2 is 1.67 bits per heavy atom. The molecule has 7 heteroatoms. The van der Waals surface area contributed by atoms with Crippen LogP contribution < -0.4 is 20.8 Å². The van der Waals surface area contributed by atoms with Crippen LogP contribution in [0.3, 0.4) is 0 Å². The summed E-state index contributed by atoms with van der Waals surface area (Å²) < 4.78 is 31.9. The van der Waals surface area contributed by atoms with Crippen LogP contribution in [0.1, 0.15) is 20.8 Å². The van der Waals surface area contributed by atoms with Crippen molar-refractivity contribution in [3.05, 3.63) is 11.6 Å². The van der Waals surface area contributed by atoms with Crippen molar-refractivity contribution in [1.29, 1.82) is 0 Å². The molecule has 0 bridgehead atoms. The number of ether oxygens (including phenoxy) is 1. The lowest BCUT2D eigenvalue weighted by Crippen LogP contribution is -2.35. The number of esters is 1. The van der Waals surface area contributed by atoms with Crippen molar-refractivity contribution in [3.8, 4) is 5.75 Å². The van der Waals surface area contributed by atoms with Crippen LogP contribution in [0.2, 0.25) is 0 Å². The Kier molecular flexibility index (Phi) is 4.51. The lowest BCUT2D eigenvalue weighted by Gasteiger charge is -2.20. The van der Waals surface area contributed by atoms with Crippen LogP contribution in [0.5, 0.6) is 5.75 Å². The quantitative estimate of drug-likeness (QED) is 0.329. The van der Waals surface area contributed by atoms with Gasteiger partial charge in [0.05, 0.1) is 10.7 Å². The topological polar surface area (TPSA) is 26.3 Å². The van der Waals surface area contributed by atoms with E-state index in [1.54, 1.807) is 20.8 Å². The summed E-state index contributed by atoms with van der Waals surface area (Å²) in [5.41, 5.74) is -1.14. The summed E-state index contributed by atoms with van der Waals surface area (Å²) in [6.45, 7) is 4.97. The van der Waals surface area contributed by atoms with E-state index < -0.39 is 23.0 Å². The molecule has 0 fully saturated rings. The van der Waals surface area contributed by atoms with Crippen LogP contribution in [0.15, 0.2) is 0 Å². The zero-order valence-electron chi connectivity index (χ0n) is 10.3. The zero-order valence-corrected chi connectivity index (χ0v) is 12.6. The fraction of sp³-hybridized carbons (Fsp3) is 0.364. The van der Waals surface area contributed by atoms with Crippen LogP contribution in [-0.2, 0) is 4.79 Å². The van der Waals surface area contributed by atoms with E-state index >= 15 is 0 Å². The average Bonchev–Trinajstić information content (AvgIpc) is 2.28. The van der Waals surface area contributed by atoms with Gasteiger partial charge in [-0.15, -0.1) is 9.24 Å². The van der Waals surface area contributed by atoms with Gasteiger partial charge in [0, 0.05) is 5.30 Å². The fourth-order valence-corrected chi connectivity index (χ4v) is 1.93. The molecule has 1 aromatic carbocycles. The van der Waals surface area contributed by atoms with E-state index in [9.17, 15) is 13.6 Å². The second-order valence-electron chi connectivity index (χ2n) is 4.84. The molecule has 1 rings (SSSR count). The second kappa shape index (κ2) is 5.23. The highest BCUT2D eigenvalue weighted by Gasteiger charge is 2.27. The first-order valence-corrected chi connectivity index (χ1v) is 6.26. The van der Waals surface area contributed by atoms with Gasteiger partial charge in [0.25, 0.3) is 0 Å². The van der Waals surface area contributed by atoms with Crippen molar-refractivity contribution in [2.75, 3.05) is 0 Å². The third kappa shape index (κ3) is 2.89. The highest BCUT2D eigenvalue weighted by atomic mass is 31.0. The van der Waals surface area contributed by atoms with E-state index in [2.05, 4.69) is 9.24 Å². The Balaban J connectivity index is 3.31. The van der Waals surface area contributed by atoms with Crippen molar-refractivity contribution in [3.63, 3.8) is 0 Å². The molecule has 0 aromatic heterocycles. The van der Waals surface area contributed by atoms with Gasteiger partial charge in [0.15, 0.2) is 11.6 Å². The molecular weight excluding hydrogens is 275 g/mol. The molecule has 1 aromatic rings. The van der Waals surface area contributed by atoms with E-state index in [4.69, 9.17) is 12.6 Å². The first-order valence-electron chi connectivity index (χ1n) is 5.11. The summed E-state index contributed by atoms with van der Waals surface area (Å²) in [5.74, 6) is -2.93. The minimum absolute atomic E-state index is 0.0821. The average molecular weight is 288 g/mol. The minimum Gasteiger partial charge on any atom is -0.425 e. The Labute approximate surface area is 111 Å². The van der Waals surface area contributed by atoms with Crippen LogP contribution in [0.4, 0.5) is 8.78 Å². The van der Waals surface area contributed by atoms with E-state index in [-0.39, 0.29) is 21.8 Å². The SMILES string of the molecule is [B]c1c(F)c(F)c(P)c(OC(=O)C(C)(C)C)c1P. The molecule has 0 aliphatic carbocycles. The monoisotopic (exact) mass is 288 g/mol. The Morgan fingerprint density at radius 1 is 1.17 bits per heavy atom. The molecular formula is C11H13BF2O2P2. The van der Waals surface area contributed by atoms with Gasteiger partial charge < -0.3 is 4.74 Å². The van der Waals surface area contributed by atoms with E-state index in [1.807, 2.05) is 9.24 Å². The van der Waals surface area contributed by atoms with E-state index in [1.165, 1.54) is 0 Å². The molecule has 0 saturated carbocycles. The van der Waals surface area contributed by atoms with Gasteiger partial charge >= 0.3 is 5.97 Å². The number of rotatable bonds is 1. The smallest absolute Gasteiger partial charge is 0.316 e. The first kappa shape index (κ1) is 15.5. The molecule has 2 atom stereocenters. The lowest BCUT2D eigenvalue weighted by atomic mass is 9.94. The summed E-state index contributed by atoms with van der Waals surface area (Å²) >= 11 is 0. The highest BCUT2D eigenvalue weighted by Crippen LogP contribution is 2.20. The van der Waals surface area contributed by atoms with Gasteiger partial charge in [-0.1, -0.05) is 9.24 Å². The maximum atomic E-state index is 13.5. The fourth-order valence-electron chi connectivity index (χ4n) is 1.08. The van der Waals surface area contributed by atoms with Crippen LogP contribution in [0.25, 0.3) is 0 Å². The Morgan fingerprint density at radius 3 is 2.11 bits per heavy atom. The predicted octanol–water partition coefficient (Wildman–Crippen LogP) is 0.711. The third-order valence-electron chi connectivity index (χ3n) is 2.25. The van der Waals surface area contributed by atoms with Crippen LogP contribution >= 0.6 is 18.5 Å². The minimum atomic E-state index is -1.15. The summed E-state index contributed by atoms with van der Waals surface area (Å²) in [4.78, 5) is 11.7. The number of hydrogen-bond acceptors (Lipinski definition) is 2. The highest BCUT2D eigenvalue weighted by molar-refractivity contribution is 7.31. The molecule has 96 valence electrons. The third-order valence-corrected chi connectivity index (χ3v) is 3.34. The standard InChI is InChI=1S/C11H13BF2O2P2/c1-11(2,3)10(15)16-7-8(17)4(12)5(13)6(14)9(7)18/h17-18H2,1-3H3. The second-order valence-corrected chi connectivity index (χ2v) is 5.99. The molecule has 2 nitrogen and oxygen atoms in total. The van der Waals surface area contributed by atoms with Crippen molar-refractivity contribution >= 4 is 48.4 Å². The molecule has 0 aliphatic heterocycles. The normalized spacial score (nSPS) is 11.5. The zero-order chi connectivity index (χ0) is 14.2. The number of benzene rings is 1. The summed E-state index contributed by atoms with van der Waals surface area (Å²) in [6.07, 6.45) is 0. The molecule has 2 radical (unpaired) electrons. The Bertz CT molecular complexity index is 484. The number of carbonyl (C=O) groups excluding carboxylic acids is 1. The molecule has 0 spiro atoms. The van der Waals surface area contributed by atoms with Crippen LogP contribution in [-0.4, -0.2) is 13.8 Å². The van der Waals surface area contributed by atoms with Crippen molar-refractivity contribution in [2.45, 2.75) is 20.8 Å². The molecule has 0 amide bonds. The van der Waals surface area contributed by atoms with Gasteiger partial charge in [-0.3, -0.25) is 4.79 Å². The first-order chi connectivity index (χ1) is 8.07. The van der Waals surface area contributed by atoms with Gasteiger partial charge in [-0.2, -0.15) is 0 Å². The number of hydrogen-bond donors (Lipinski definition) is 0. The van der Waals surface area contributed by atoms with Crippen molar-refractivity contribution < 1.29 is 18.3 Å². The summed E-state index contributed by atoms with van der Waals surface area (Å²) in [6, 6.07) is 0. The molecule has 2 unspecified atom stereocenters. The molecule has 0 heterocycles. The maximum Gasteiger partial charge on any atom is 0.316 e. The number of halogens is 2. The van der Waals surface area contributed by atoms with E-state index in [0.29, 0.717) is 0 Å². The van der Waals surface area contributed by atoms with Gasteiger partial charge in [-0.05, 0) is 26.2 Å². The summed E-state index contributed by atoms with van der Waals surface area (Å²) in [7, 11) is 9.55. The Hall–Kier alpha value is -0.525. The lowest BCUT2D eigenvalue weighted by molar-refractivity contribution is -0.142. The molecule has 0 aliphatic rings. The molecule has 0 N–H and O–H groups in total. The largest absolute Gasteiger partial charge is 0.425 e. The van der Waals surface area contributed by atoms with Crippen LogP contribution in [0, 0.1) is 17.0 Å².